The Morgan fingerprint density at radius 1 is 1.18 bits per heavy atom. The van der Waals surface area contributed by atoms with E-state index in [1.807, 2.05) is 13.0 Å². The number of carbonyl (C=O) groups excluding carboxylic acids is 1. The van der Waals surface area contributed by atoms with Gasteiger partial charge in [0.05, 0.1) is 4.91 Å². The van der Waals surface area contributed by atoms with Gasteiger partial charge in [-0.25, -0.2) is 0 Å². The largest absolute Gasteiger partial charge is 0.385 e. The Balaban J connectivity index is 2.09. The van der Waals surface area contributed by atoms with Crippen LogP contribution < -0.4 is 10.5 Å². The number of rotatable bonds is 8. The predicted molar refractivity (Wildman–Crippen MR) is 137 cm³/mol. The van der Waals surface area contributed by atoms with E-state index in [2.05, 4.69) is 22.8 Å². The Morgan fingerprint density at radius 3 is 2.45 bits per heavy atom. The van der Waals surface area contributed by atoms with Crippen LogP contribution in [-0.4, -0.2) is 77.6 Å². The van der Waals surface area contributed by atoms with Crippen LogP contribution in [0.25, 0.3) is 6.08 Å². The Morgan fingerprint density at radius 2 is 1.88 bits per heavy atom. The van der Waals surface area contributed by atoms with Gasteiger partial charge in [0.25, 0.3) is 11.5 Å². The monoisotopic (exact) mass is 489 g/mol. The molecule has 0 spiro atoms. The van der Waals surface area contributed by atoms with Crippen LogP contribution in [0.5, 0.6) is 0 Å². The molecular formula is C23H31N5O3S2. The first kappa shape index (κ1) is 25.4. The van der Waals surface area contributed by atoms with Crippen LogP contribution in [0.4, 0.5) is 5.82 Å². The van der Waals surface area contributed by atoms with Crippen molar-refractivity contribution in [3.05, 3.63) is 31.9 Å². The summed E-state index contributed by atoms with van der Waals surface area (Å²) in [6.45, 7) is 11.7. The lowest BCUT2D eigenvalue weighted by Crippen LogP contribution is -2.48. The molecule has 0 saturated carbocycles. The van der Waals surface area contributed by atoms with Crippen molar-refractivity contribution in [1.82, 2.24) is 14.4 Å². The van der Waals surface area contributed by atoms with Crippen molar-refractivity contribution in [2.75, 3.05) is 57.9 Å². The van der Waals surface area contributed by atoms with Crippen LogP contribution in [-0.2, 0) is 16.1 Å². The fraction of sp³-hybridized carbons (Fsp3) is 0.565. The number of ether oxygens (including phenoxy) is 1. The quantitative estimate of drug-likeness (QED) is 0.313. The fourth-order valence-electron chi connectivity index (χ4n) is 4.24. The molecule has 2 aliphatic heterocycles. The normalized spacial score (nSPS) is 18.5. The van der Waals surface area contributed by atoms with Crippen LogP contribution in [0.1, 0.15) is 37.0 Å². The van der Waals surface area contributed by atoms with E-state index in [0.717, 1.165) is 44.1 Å². The number of likely N-dealkylation sites (N-methyl/N-ethyl adjacent to an activating group) is 1. The van der Waals surface area contributed by atoms with Crippen molar-refractivity contribution in [1.29, 1.82) is 5.26 Å². The minimum absolute atomic E-state index is 0.120. The third kappa shape index (κ3) is 5.17. The number of thiocarbonyl (C=S) groups is 1. The van der Waals surface area contributed by atoms with Gasteiger partial charge in [-0.1, -0.05) is 30.9 Å². The molecule has 0 atom stereocenters. The van der Waals surface area contributed by atoms with Gasteiger partial charge in [-0.3, -0.25) is 19.1 Å². The van der Waals surface area contributed by atoms with Gasteiger partial charge in [-0.2, -0.15) is 5.26 Å². The van der Waals surface area contributed by atoms with E-state index in [9.17, 15) is 14.9 Å². The smallest absolute Gasteiger partial charge is 0.270 e. The molecule has 3 rings (SSSR count). The fourth-order valence-corrected chi connectivity index (χ4v) is 5.54. The molecule has 2 saturated heterocycles. The van der Waals surface area contributed by atoms with Crippen molar-refractivity contribution >= 4 is 46.1 Å². The minimum Gasteiger partial charge on any atom is -0.385 e. The SMILES string of the molecule is CCN1CCN(c2c(C=C3SC(=S)N(CCCOC)C3=O)c(C)c(C#N)c(=O)n2CC)CC1. The number of hydrogen-bond donors (Lipinski definition) is 0. The number of aromatic nitrogens is 1. The number of piperazine rings is 1. The number of amides is 1. The van der Waals surface area contributed by atoms with Crippen molar-refractivity contribution < 1.29 is 9.53 Å². The molecule has 0 unspecified atom stereocenters. The second-order valence-corrected chi connectivity index (χ2v) is 9.68. The van der Waals surface area contributed by atoms with Gasteiger partial charge in [-0.05, 0) is 38.5 Å². The van der Waals surface area contributed by atoms with E-state index in [-0.39, 0.29) is 17.0 Å². The van der Waals surface area contributed by atoms with Crippen LogP contribution in [0.3, 0.4) is 0 Å². The number of nitriles is 1. The summed E-state index contributed by atoms with van der Waals surface area (Å²) in [5.74, 6) is 0.634. The predicted octanol–water partition coefficient (Wildman–Crippen LogP) is 2.43. The maximum atomic E-state index is 13.1. The van der Waals surface area contributed by atoms with Crippen LogP contribution in [0.2, 0.25) is 0 Å². The topological polar surface area (TPSA) is 81.8 Å². The third-order valence-electron chi connectivity index (χ3n) is 6.16. The Kier molecular flexibility index (Phi) is 8.70. The first-order valence-electron chi connectivity index (χ1n) is 11.3. The summed E-state index contributed by atoms with van der Waals surface area (Å²) in [5, 5.41) is 9.71. The van der Waals surface area contributed by atoms with E-state index in [4.69, 9.17) is 17.0 Å². The summed E-state index contributed by atoms with van der Waals surface area (Å²) < 4.78 is 7.28. The average molecular weight is 490 g/mol. The summed E-state index contributed by atoms with van der Waals surface area (Å²) >= 11 is 6.72. The van der Waals surface area contributed by atoms with Crippen LogP contribution >= 0.6 is 24.0 Å². The number of carbonyl (C=O) groups is 1. The highest BCUT2D eigenvalue weighted by molar-refractivity contribution is 8.26. The lowest BCUT2D eigenvalue weighted by Gasteiger charge is -2.37. The first-order valence-corrected chi connectivity index (χ1v) is 12.5. The summed E-state index contributed by atoms with van der Waals surface area (Å²) in [6.07, 6.45) is 2.51. The Bertz CT molecular complexity index is 1050. The van der Waals surface area contributed by atoms with E-state index in [0.29, 0.717) is 40.9 Å². The number of anilines is 1. The van der Waals surface area contributed by atoms with E-state index in [1.165, 1.54) is 11.8 Å². The van der Waals surface area contributed by atoms with Gasteiger partial charge in [0, 0.05) is 58.5 Å². The van der Waals surface area contributed by atoms with Crippen molar-refractivity contribution in [3.8, 4) is 6.07 Å². The molecule has 1 aromatic heterocycles. The maximum Gasteiger partial charge on any atom is 0.270 e. The summed E-state index contributed by atoms with van der Waals surface area (Å²) in [4.78, 5) is 32.9. The Hall–Kier alpha value is -2.19. The zero-order valence-electron chi connectivity index (χ0n) is 19.7. The molecule has 178 valence electrons. The molecule has 2 fully saturated rings. The zero-order valence-corrected chi connectivity index (χ0v) is 21.4. The second-order valence-electron chi connectivity index (χ2n) is 8.00. The molecule has 1 amide bonds. The third-order valence-corrected chi connectivity index (χ3v) is 7.54. The van der Waals surface area contributed by atoms with E-state index < -0.39 is 0 Å². The molecule has 3 heterocycles. The molecule has 2 aliphatic rings. The summed E-state index contributed by atoms with van der Waals surface area (Å²) in [6, 6.07) is 2.08. The van der Waals surface area contributed by atoms with Gasteiger partial charge in [0.2, 0.25) is 0 Å². The molecule has 0 aliphatic carbocycles. The summed E-state index contributed by atoms with van der Waals surface area (Å²) in [7, 11) is 1.63. The highest BCUT2D eigenvalue weighted by atomic mass is 32.2. The van der Waals surface area contributed by atoms with E-state index in [1.54, 1.807) is 23.5 Å². The highest BCUT2D eigenvalue weighted by Crippen LogP contribution is 2.36. The van der Waals surface area contributed by atoms with Crippen LogP contribution in [0, 0.1) is 18.3 Å². The van der Waals surface area contributed by atoms with Gasteiger partial charge in [0.15, 0.2) is 0 Å². The summed E-state index contributed by atoms with van der Waals surface area (Å²) in [5.41, 5.74) is 1.18. The molecule has 0 bridgehead atoms. The molecule has 1 aromatic rings. The van der Waals surface area contributed by atoms with Gasteiger partial charge < -0.3 is 14.5 Å². The maximum absolute atomic E-state index is 13.1. The molecule has 8 nitrogen and oxygen atoms in total. The molecule has 33 heavy (non-hydrogen) atoms. The van der Waals surface area contributed by atoms with E-state index >= 15 is 0 Å². The number of hydrogen-bond acceptors (Lipinski definition) is 8. The van der Waals surface area contributed by atoms with Gasteiger partial charge >= 0.3 is 0 Å². The highest BCUT2D eigenvalue weighted by Gasteiger charge is 2.33. The van der Waals surface area contributed by atoms with Crippen molar-refractivity contribution in [2.45, 2.75) is 33.7 Å². The molecule has 0 radical (unpaired) electrons. The molecular weight excluding hydrogens is 458 g/mol. The number of methoxy groups -OCH3 is 1. The van der Waals surface area contributed by atoms with Crippen LogP contribution in [0.15, 0.2) is 9.70 Å². The van der Waals surface area contributed by atoms with Gasteiger partial charge in [-0.15, -0.1) is 0 Å². The molecule has 10 heteroatoms. The molecule has 0 N–H and O–H groups in total. The first-order chi connectivity index (χ1) is 15.9. The van der Waals surface area contributed by atoms with Crippen molar-refractivity contribution in [3.63, 3.8) is 0 Å². The molecule has 0 aromatic carbocycles. The minimum atomic E-state index is -0.283. The standard InChI is InChI=1S/C23H31N5O3S2/c1-5-25-9-11-26(12-10-25)20-17(16(3)18(15-24)21(29)27(20)6-2)14-19-22(30)28(23(32)33-19)8-7-13-31-4/h14H,5-13H2,1-4H3. The van der Waals surface area contributed by atoms with Gasteiger partial charge in [0.1, 0.15) is 21.8 Å². The average Bonchev–Trinajstić information content (AvgIpc) is 3.08. The Labute approximate surface area is 204 Å². The zero-order chi connectivity index (χ0) is 24.1. The second kappa shape index (κ2) is 11.3. The lowest BCUT2D eigenvalue weighted by molar-refractivity contribution is -0.122. The lowest BCUT2D eigenvalue weighted by atomic mass is 10.0. The number of pyridine rings is 1. The van der Waals surface area contributed by atoms with Crippen molar-refractivity contribution in [2.24, 2.45) is 0 Å². The number of nitrogens with zero attached hydrogens (tertiary/aromatic N) is 5. The number of thioether (sulfide) groups is 1.